The van der Waals surface area contributed by atoms with Crippen LogP contribution in [0, 0.1) is 10.1 Å². The van der Waals surface area contributed by atoms with Gasteiger partial charge in [-0.1, -0.05) is 12.8 Å². The smallest absolute Gasteiger partial charge is 0.269 e. The quantitative estimate of drug-likeness (QED) is 0.440. The minimum absolute atomic E-state index is 0.00678. The van der Waals surface area contributed by atoms with E-state index >= 15 is 0 Å². The van der Waals surface area contributed by atoms with Crippen LogP contribution in [-0.2, 0) is 6.54 Å². The zero-order valence-corrected chi connectivity index (χ0v) is 15.8. The van der Waals surface area contributed by atoms with Crippen LogP contribution in [0.3, 0.4) is 0 Å². The Morgan fingerprint density at radius 1 is 1.10 bits per heavy atom. The number of hydrogen-bond acceptors (Lipinski definition) is 6. The number of allylic oxidation sites excluding steroid dienone is 1. The zero-order valence-electron chi connectivity index (χ0n) is 15.8. The Bertz CT molecular complexity index is 1020. The maximum atomic E-state index is 12.8. The molecule has 2 aromatic rings. The van der Waals surface area contributed by atoms with Crippen molar-refractivity contribution >= 4 is 17.5 Å². The second-order valence-corrected chi connectivity index (χ2v) is 7.67. The van der Waals surface area contributed by atoms with Gasteiger partial charge in [0.05, 0.1) is 16.1 Å². The van der Waals surface area contributed by atoms with Crippen LogP contribution in [0.4, 0.5) is 5.69 Å². The van der Waals surface area contributed by atoms with Gasteiger partial charge in [-0.15, -0.1) is 0 Å². The molecule has 3 aliphatic rings. The number of nitro groups is 1. The number of benzene rings is 2. The Morgan fingerprint density at radius 2 is 1.86 bits per heavy atom. The molecule has 0 atom stereocenters. The summed E-state index contributed by atoms with van der Waals surface area (Å²) in [5, 5.41) is 10.8. The van der Waals surface area contributed by atoms with Gasteiger partial charge in [0.2, 0.25) is 5.78 Å². The van der Waals surface area contributed by atoms with Gasteiger partial charge in [-0.05, 0) is 48.7 Å². The van der Waals surface area contributed by atoms with E-state index in [0.717, 1.165) is 11.3 Å². The van der Waals surface area contributed by atoms with E-state index in [4.69, 9.17) is 9.47 Å². The molecule has 1 saturated carbocycles. The van der Waals surface area contributed by atoms with Gasteiger partial charge in [0, 0.05) is 24.7 Å². The van der Waals surface area contributed by atoms with Gasteiger partial charge in [0.1, 0.15) is 18.2 Å². The van der Waals surface area contributed by atoms with Crippen LogP contribution in [0.2, 0.25) is 0 Å². The largest absolute Gasteiger partial charge is 0.478 e. The minimum Gasteiger partial charge on any atom is -0.478 e. The number of nitrogens with zero attached hydrogens (tertiary/aromatic N) is 2. The van der Waals surface area contributed by atoms with Crippen molar-refractivity contribution in [2.45, 2.75) is 38.3 Å². The fourth-order valence-electron chi connectivity index (χ4n) is 4.32. The van der Waals surface area contributed by atoms with Crippen molar-refractivity contribution in [1.29, 1.82) is 0 Å². The molecule has 0 radical (unpaired) electrons. The summed E-state index contributed by atoms with van der Waals surface area (Å²) in [7, 11) is 0. The molecule has 0 saturated heterocycles. The van der Waals surface area contributed by atoms with Gasteiger partial charge in [0.15, 0.2) is 5.76 Å². The summed E-state index contributed by atoms with van der Waals surface area (Å²) >= 11 is 0. The van der Waals surface area contributed by atoms with E-state index < -0.39 is 4.92 Å². The molecule has 5 rings (SSSR count). The van der Waals surface area contributed by atoms with Crippen molar-refractivity contribution in [3.63, 3.8) is 0 Å². The first kappa shape index (κ1) is 17.9. The molecule has 2 heterocycles. The molecule has 0 spiro atoms. The van der Waals surface area contributed by atoms with E-state index in [1.807, 2.05) is 6.07 Å². The lowest BCUT2D eigenvalue weighted by molar-refractivity contribution is -0.384. The van der Waals surface area contributed by atoms with Gasteiger partial charge < -0.3 is 9.47 Å². The molecule has 1 fully saturated rings. The molecule has 2 aliphatic heterocycles. The summed E-state index contributed by atoms with van der Waals surface area (Å²) in [5.74, 6) is 1.38. The second kappa shape index (κ2) is 7.00. The number of rotatable bonds is 3. The molecule has 0 unspecified atom stereocenters. The summed E-state index contributed by atoms with van der Waals surface area (Å²) in [4.78, 5) is 25.5. The average molecular weight is 392 g/mol. The van der Waals surface area contributed by atoms with Gasteiger partial charge >= 0.3 is 0 Å². The topological polar surface area (TPSA) is 81.9 Å². The van der Waals surface area contributed by atoms with Crippen molar-refractivity contribution in [3.8, 4) is 11.5 Å². The number of fused-ring (bicyclic) bond motifs is 3. The molecular weight excluding hydrogens is 372 g/mol. The molecular formula is C22H20N2O5. The van der Waals surface area contributed by atoms with E-state index in [1.165, 1.54) is 37.8 Å². The first-order valence-corrected chi connectivity index (χ1v) is 9.81. The molecule has 0 amide bonds. The Kier molecular flexibility index (Phi) is 4.32. The van der Waals surface area contributed by atoms with Crippen molar-refractivity contribution in [1.82, 2.24) is 4.90 Å². The molecule has 1 aliphatic carbocycles. The van der Waals surface area contributed by atoms with Crippen LogP contribution in [-0.4, -0.2) is 28.4 Å². The van der Waals surface area contributed by atoms with Crippen molar-refractivity contribution in [3.05, 3.63) is 69.0 Å². The predicted octanol–water partition coefficient (Wildman–Crippen LogP) is 4.31. The summed E-state index contributed by atoms with van der Waals surface area (Å²) in [5.41, 5.74) is 2.13. The summed E-state index contributed by atoms with van der Waals surface area (Å²) in [6.45, 7) is 1.27. The lowest BCUT2D eigenvalue weighted by Crippen LogP contribution is -2.39. The molecule has 7 nitrogen and oxygen atoms in total. The SMILES string of the molecule is O=C1/C(=C/c2ccc([N+](=O)[O-])cc2)Oc2c1ccc1c2CN(C2CCCC2)CO1. The van der Waals surface area contributed by atoms with E-state index in [9.17, 15) is 14.9 Å². The van der Waals surface area contributed by atoms with Crippen molar-refractivity contribution in [2.24, 2.45) is 0 Å². The lowest BCUT2D eigenvalue weighted by Gasteiger charge is -2.33. The highest BCUT2D eigenvalue weighted by Crippen LogP contribution is 2.43. The fraction of sp³-hybridized carbons (Fsp3) is 0.318. The second-order valence-electron chi connectivity index (χ2n) is 7.67. The lowest BCUT2D eigenvalue weighted by atomic mass is 10.0. The fourth-order valence-corrected chi connectivity index (χ4v) is 4.32. The zero-order chi connectivity index (χ0) is 20.0. The number of carbonyl (C=O) groups excluding carboxylic acids is 1. The number of hydrogen-bond donors (Lipinski definition) is 0. The number of non-ortho nitro benzene ring substituents is 1. The third-order valence-corrected chi connectivity index (χ3v) is 5.89. The van der Waals surface area contributed by atoms with Crippen LogP contribution in [0.25, 0.3) is 6.08 Å². The average Bonchev–Trinajstić information content (AvgIpc) is 3.37. The number of carbonyl (C=O) groups is 1. The predicted molar refractivity (Wildman–Crippen MR) is 106 cm³/mol. The highest BCUT2D eigenvalue weighted by atomic mass is 16.6. The van der Waals surface area contributed by atoms with E-state index in [1.54, 1.807) is 24.3 Å². The van der Waals surface area contributed by atoms with Crippen LogP contribution in [0.1, 0.15) is 47.2 Å². The van der Waals surface area contributed by atoms with Crippen molar-refractivity contribution in [2.75, 3.05) is 6.73 Å². The Morgan fingerprint density at radius 3 is 2.59 bits per heavy atom. The van der Waals surface area contributed by atoms with Crippen LogP contribution in [0.5, 0.6) is 11.5 Å². The van der Waals surface area contributed by atoms with E-state index in [0.29, 0.717) is 36.2 Å². The third kappa shape index (κ3) is 3.17. The molecule has 2 aromatic carbocycles. The first-order chi connectivity index (χ1) is 14.1. The molecule has 0 N–H and O–H groups in total. The number of nitro benzene ring substituents is 1. The van der Waals surface area contributed by atoms with Crippen LogP contribution in [0.15, 0.2) is 42.2 Å². The number of ether oxygens (including phenoxy) is 2. The first-order valence-electron chi connectivity index (χ1n) is 9.81. The standard InChI is InChI=1S/C22H20N2O5/c25-21-17-9-10-19-18(12-23(13-28-19)15-3-1-2-4-15)22(17)29-20(21)11-14-5-7-16(8-6-14)24(26)27/h5-11,15H,1-4,12-13H2/b20-11-. The highest BCUT2D eigenvalue weighted by Gasteiger charge is 2.35. The summed E-state index contributed by atoms with van der Waals surface area (Å²) in [6.07, 6.45) is 6.48. The summed E-state index contributed by atoms with van der Waals surface area (Å²) in [6, 6.07) is 10.1. The molecule has 29 heavy (non-hydrogen) atoms. The van der Waals surface area contributed by atoms with E-state index in [2.05, 4.69) is 4.90 Å². The Hall–Kier alpha value is -3.19. The highest BCUT2D eigenvalue weighted by molar-refractivity contribution is 6.15. The maximum Gasteiger partial charge on any atom is 0.269 e. The number of Topliss-reactive ketones (excluding diaryl/α,β-unsaturated/α-hetero) is 1. The van der Waals surface area contributed by atoms with E-state index in [-0.39, 0.29) is 17.2 Å². The molecule has 0 aromatic heterocycles. The monoisotopic (exact) mass is 392 g/mol. The minimum atomic E-state index is -0.452. The Labute approximate surface area is 167 Å². The number of ketones is 1. The molecule has 0 bridgehead atoms. The summed E-state index contributed by atoms with van der Waals surface area (Å²) < 4.78 is 11.9. The van der Waals surface area contributed by atoms with Gasteiger partial charge in [-0.2, -0.15) is 0 Å². The molecule has 7 heteroatoms. The van der Waals surface area contributed by atoms with Gasteiger partial charge in [-0.3, -0.25) is 19.8 Å². The van der Waals surface area contributed by atoms with Gasteiger partial charge in [0.25, 0.3) is 5.69 Å². The molecule has 148 valence electrons. The van der Waals surface area contributed by atoms with Crippen LogP contribution < -0.4 is 9.47 Å². The third-order valence-electron chi connectivity index (χ3n) is 5.89. The van der Waals surface area contributed by atoms with Gasteiger partial charge in [-0.25, -0.2) is 0 Å². The van der Waals surface area contributed by atoms with Crippen molar-refractivity contribution < 1.29 is 19.2 Å². The Balaban J connectivity index is 1.43. The normalized spacial score (nSPS) is 20.3. The van der Waals surface area contributed by atoms with Crippen LogP contribution >= 0.6 is 0 Å². The maximum absolute atomic E-state index is 12.8.